The van der Waals surface area contributed by atoms with Gasteiger partial charge >= 0.3 is 0 Å². The topological polar surface area (TPSA) is 27.3 Å². The quantitative estimate of drug-likeness (QED) is 0.891. The summed E-state index contributed by atoms with van der Waals surface area (Å²) in [6.07, 6.45) is 13.0. The van der Waals surface area contributed by atoms with Crippen molar-refractivity contribution in [1.82, 2.24) is 15.5 Å². The summed E-state index contributed by atoms with van der Waals surface area (Å²) in [7, 11) is 0. The zero-order valence-corrected chi connectivity index (χ0v) is 14.1. The summed E-state index contributed by atoms with van der Waals surface area (Å²) in [4.78, 5) is 2.58. The average Bonchev–Trinajstić information content (AvgIpc) is 3.05. The molecule has 3 aliphatic rings. The summed E-state index contributed by atoms with van der Waals surface area (Å²) in [6.45, 7) is 5.60. The molecule has 1 aromatic rings. The second-order valence-electron chi connectivity index (χ2n) is 6.80. The SMILES string of the molecule is C[C@H]1C=C(C2=CN[C]3NC=CC=C32)CN(CCc2ccccc2)C1.[HH]. The molecule has 0 saturated heterocycles. The van der Waals surface area contributed by atoms with Crippen molar-refractivity contribution in [3.8, 4) is 0 Å². The van der Waals surface area contributed by atoms with Crippen molar-refractivity contribution in [3.63, 3.8) is 0 Å². The second-order valence-corrected chi connectivity index (χ2v) is 6.80. The lowest BCUT2D eigenvalue weighted by atomic mass is 9.91. The van der Waals surface area contributed by atoms with Crippen LogP contribution in [0.15, 0.2) is 77.7 Å². The fraction of sp³-hybridized carbons (Fsp3) is 0.286. The highest BCUT2D eigenvalue weighted by atomic mass is 15.1. The summed E-state index contributed by atoms with van der Waals surface area (Å²) in [6, 6.07) is 10.8. The van der Waals surface area contributed by atoms with E-state index in [0.717, 1.165) is 32.2 Å². The summed E-state index contributed by atoms with van der Waals surface area (Å²) in [5.74, 6) is 0.585. The number of rotatable bonds is 4. The van der Waals surface area contributed by atoms with Crippen LogP contribution in [0.1, 0.15) is 13.9 Å². The number of allylic oxidation sites excluding steroid dienone is 2. The fourth-order valence-corrected chi connectivity index (χ4v) is 3.71. The van der Waals surface area contributed by atoms with Crippen LogP contribution >= 0.6 is 0 Å². The lowest BCUT2D eigenvalue weighted by molar-refractivity contribution is 0.263. The summed E-state index contributed by atoms with van der Waals surface area (Å²) >= 11 is 0. The average molecular weight is 320 g/mol. The molecule has 1 atom stereocenters. The van der Waals surface area contributed by atoms with Crippen molar-refractivity contribution >= 4 is 0 Å². The van der Waals surface area contributed by atoms with Gasteiger partial charge < -0.3 is 10.6 Å². The van der Waals surface area contributed by atoms with Crippen LogP contribution < -0.4 is 10.6 Å². The van der Waals surface area contributed by atoms with Crippen LogP contribution in [0.4, 0.5) is 0 Å². The molecule has 3 heterocycles. The third kappa shape index (κ3) is 3.17. The lowest BCUT2D eigenvalue weighted by Gasteiger charge is -2.32. The van der Waals surface area contributed by atoms with Gasteiger partial charge in [-0.15, -0.1) is 0 Å². The number of nitrogens with zero attached hydrogens (tertiary/aromatic N) is 1. The van der Waals surface area contributed by atoms with Crippen molar-refractivity contribution in [3.05, 3.63) is 89.4 Å². The van der Waals surface area contributed by atoms with Crippen molar-refractivity contribution in [2.75, 3.05) is 19.6 Å². The number of nitrogens with one attached hydrogen (secondary N) is 2. The Morgan fingerprint density at radius 1 is 1.17 bits per heavy atom. The van der Waals surface area contributed by atoms with Gasteiger partial charge in [0.1, 0.15) is 0 Å². The Morgan fingerprint density at radius 2 is 2.04 bits per heavy atom. The Balaban J connectivity index is 0.00000182. The molecule has 3 nitrogen and oxygen atoms in total. The highest BCUT2D eigenvalue weighted by Crippen LogP contribution is 2.33. The molecule has 3 aliphatic heterocycles. The molecule has 3 heteroatoms. The van der Waals surface area contributed by atoms with Crippen molar-refractivity contribution in [1.29, 1.82) is 0 Å². The molecule has 1 aromatic carbocycles. The molecular formula is C21H26N3. The van der Waals surface area contributed by atoms with Gasteiger partial charge in [-0.3, -0.25) is 4.90 Å². The monoisotopic (exact) mass is 320 g/mol. The molecule has 0 saturated carbocycles. The van der Waals surface area contributed by atoms with Crippen LogP contribution in [0.2, 0.25) is 0 Å². The van der Waals surface area contributed by atoms with E-state index in [-0.39, 0.29) is 1.43 Å². The molecule has 24 heavy (non-hydrogen) atoms. The third-order valence-electron chi connectivity index (χ3n) is 4.84. The normalized spacial score (nSPS) is 23.7. The molecule has 0 unspecified atom stereocenters. The molecular weight excluding hydrogens is 294 g/mol. The first-order valence-electron chi connectivity index (χ1n) is 8.75. The van der Waals surface area contributed by atoms with E-state index in [0.29, 0.717) is 5.92 Å². The minimum absolute atomic E-state index is 0. The molecule has 0 amide bonds. The van der Waals surface area contributed by atoms with E-state index in [9.17, 15) is 0 Å². The van der Waals surface area contributed by atoms with E-state index in [1.54, 1.807) is 0 Å². The predicted octanol–water partition coefficient (Wildman–Crippen LogP) is 3.37. The Kier molecular flexibility index (Phi) is 4.26. The first kappa shape index (κ1) is 15.3. The molecule has 4 rings (SSSR count). The third-order valence-corrected chi connectivity index (χ3v) is 4.84. The highest BCUT2D eigenvalue weighted by molar-refractivity contribution is 5.59. The smallest absolute Gasteiger partial charge is 0.182 e. The molecule has 0 fully saturated rings. The number of benzene rings is 1. The van der Waals surface area contributed by atoms with Crippen LogP contribution in [0.25, 0.3) is 0 Å². The van der Waals surface area contributed by atoms with Crippen molar-refractivity contribution in [2.24, 2.45) is 5.92 Å². The van der Waals surface area contributed by atoms with Crippen molar-refractivity contribution < 1.29 is 1.43 Å². The molecule has 125 valence electrons. The molecule has 0 aromatic heterocycles. The first-order chi connectivity index (χ1) is 11.8. The van der Waals surface area contributed by atoms with E-state index >= 15 is 0 Å². The van der Waals surface area contributed by atoms with Crippen LogP contribution in [0.3, 0.4) is 0 Å². The molecule has 0 aliphatic carbocycles. The van der Waals surface area contributed by atoms with Gasteiger partial charge in [0.05, 0.1) is 0 Å². The summed E-state index contributed by atoms with van der Waals surface area (Å²) in [5.41, 5.74) is 5.47. The molecule has 2 N–H and O–H groups in total. The standard InChI is InChI=1S/C21H24N3.H2/c1-16-12-18(20-13-23-21-19(20)8-5-10-22-21)15-24(14-16)11-9-17-6-3-2-4-7-17;/h2-8,10,12-13,16,22-23H,9,11,14-15H2,1H3;1H/t16-;/m0./s1. The van der Waals surface area contributed by atoms with Gasteiger partial charge in [-0.25, -0.2) is 0 Å². The summed E-state index contributed by atoms with van der Waals surface area (Å²) < 4.78 is 0. The van der Waals surface area contributed by atoms with Gasteiger partial charge in [0, 0.05) is 38.4 Å². The van der Waals surface area contributed by atoms with Gasteiger partial charge in [0.25, 0.3) is 0 Å². The lowest BCUT2D eigenvalue weighted by Crippen LogP contribution is -2.36. The molecule has 0 bridgehead atoms. The van der Waals surface area contributed by atoms with Gasteiger partial charge in [0.15, 0.2) is 6.17 Å². The number of dihydropyridines is 1. The Morgan fingerprint density at radius 3 is 2.92 bits per heavy atom. The van der Waals surface area contributed by atoms with Gasteiger partial charge in [-0.05, 0) is 35.8 Å². The van der Waals surface area contributed by atoms with Crippen LogP contribution in [-0.2, 0) is 6.42 Å². The second kappa shape index (κ2) is 6.70. The highest BCUT2D eigenvalue weighted by Gasteiger charge is 2.29. The largest absolute Gasteiger partial charge is 0.361 e. The molecule has 0 spiro atoms. The van der Waals surface area contributed by atoms with Gasteiger partial charge in [-0.2, -0.15) is 0 Å². The minimum atomic E-state index is 0. The van der Waals surface area contributed by atoms with E-state index in [4.69, 9.17) is 0 Å². The Hall–Kier alpha value is -2.26. The maximum atomic E-state index is 3.36. The maximum Gasteiger partial charge on any atom is 0.182 e. The van der Waals surface area contributed by atoms with Gasteiger partial charge in [0.2, 0.25) is 0 Å². The van der Waals surface area contributed by atoms with E-state index < -0.39 is 0 Å². The van der Waals surface area contributed by atoms with Crippen LogP contribution in [0.5, 0.6) is 0 Å². The van der Waals surface area contributed by atoms with Gasteiger partial charge in [-0.1, -0.05) is 49.4 Å². The number of hydrogen-bond acceptors (Lipinski definition) is 3. The maximum absolute atomic E-state index is 3.36. The van der Waals surface area contributed by atoms with Crippen molar-refractivity contribution in [2.45, 2.75) is 13.3 Å². The minimum Gasteiger partial charge on any atom is -0.361 e. The predicted molar refractivity (Wildman–Crippen MR) is 101 cm³/mol. The first-order valence-corrected chi connectivity index (χ1v) is 8.75. The Bertz CT molecular complexity index is 718. The number of hydrogen-bond donors (Lipinski definition) is 2. The molecule has 1 radical (unpaired) electrons. The fourth-order valence-electron chi connectivity index (χ4n) is 3.71. The zero-order valence-electron chi connectivity index (χ0n) is 14.1. The Labute approximate surface area is 145 Å². The van der Waals surface area contributed by atoms with Crippen LogP contribution in [-0.4, -0.2) is 24.5 Å². The van der Waals surface area contributed by atoms with E-state index in [2.05, 4.69) is 77.2 Å². The van der Waals surface area contributed by atoms with E-state index in [1.165, 1.54) is 22.3 Å². The van der Waals surface area contributed by atoms with Crippen LogP contribution in [0, 0.1) is 12.1 Å². The number of fused-ring (bicyclic) bond motifs is 1. The van der Waals surface area contributed by atoms with E-state index in [1.807, 2.05) is 6.20 Å². The zero-order chi connectivity index (χ0) is 16.4. The summed E-state index contributed by atoms with van der Waals surface area (Å²) in [5, 5.41) is 6.64.